The van der Waals surface area contributed by atoms with Gasteiger partial charge in [-0.15, -0.1) is 0 Å². The van der Waals surface area contributed by atoms with Gasteiger partial charge in [-0.2, -0.15) is 0 Å². The third kappa shape index (κ3) is 3.55. The van der Waals surface area contributed by atoms with Crippen LogP contribution in [0.25, 0.3) is 15.6 Å². The molecule has 9 heteroatoms. The Bertz CT molecular complexity index is 1050. The van der Waals surface area contributed by atoms with Crippen LogP contribution in [-0.4, -0.2) is 34.3 Å². The summed E-state index contributed by atoms with van der Waals surface area (Å²) in [6.07, 6.45) is -0.962. The molecule has 0 aliphatic rings. The summed E-state index contributed by atoms with van der Waals surface area (Å²) in [6.45, 7) is 0. The predicted molar refractivity (Wildman–Crippen MR) is 99.1 cm³/mol. The number of benzene rings is 1. The van der Waals surface area contributed by atoms with Crippen molar-refractivity contribution in [3.05, 3.63) is 63.9 Å². The maximum atomic E-state index is 12.8. The Morgan fingerprint density at radius 3 is 2.69 bits per heavy atom. The second-order valence-electron chi connectivity index (χ2n) is 5.39. The van der Waals surface area contributed by atoms with Crippen LogP contribution in [0.4, 0.5) is 8.78 Å². The molecule has 0 amide bonds. The third-order valence-corrected chi connectivity index (χ3v) is 6.99. The number of fused-ring (bicyclic) bond motifs is 1. The quantitative estimate of drug-likeness (QED) is 0.248. The van der Waals surface area contributed by atoms with E-state index in [0.29, 0.717) is 15.3 Å². The molecule has 0 saturated heterocycles. The van der Waals surface area contributed by atoms with Gasteiger partial charge in [0.2, 0.25) is 0 Å². The van der Waals surface area contributed by atoms with Gasteiger partial charge in [-0.1, -0.05) is 0 Å². The van der Waals surface area contributed by atoms with Gasteiger partial charge >= 0.3 is 163 Å². The van der Waals surface area contributed by atoms with Gasteiger partial charge in [-0.3, -0.25) is 0 Å². The molecule has 0 fully saturated rings. The van der Waals surface area contributed by atoms with Crippen LogP contribution < -0.4 is 0 Å². The molecule has 0 aliphatic carbocycles. The molecule has 0 spiro atoms. The molecule has 3 heterocycles. The molecular weight excluding hydrogens is 445 g/mol. The average molecular weight is 456 g/mol. The summed E-state index contributed by atoms with van der Waals surface area (Å²) in [5, 5.41) is 12.3. The molecule has 0 saturated carbocycles. The third-order valence-electron chi connectivity index (χ3n) is 3.66. The van der Waals surface area contributed by atoms with E-state index in [1.165, 1.54) is 5.56 Å². The van der Waals surface area contributed by atoms with E-state index in [1.807, 2.05) is 30.3 Å². The SMILES string of the molecule is FC(F)c1nnc(-c2cnn3c(Cl)cc(SCc4ccccc4)cc23)[se]1. The monoisotopic (exact) mass is 456 g/mol. The fraction of sp³-hybridized carbons (Fsp3) is 0.118. The number of hydrogen-bond acceptors (Lipinski definition) is 4. The molecule has 26 heavy (non-hydrogen) atoms. The van der Waals surface area contributed by atoms with Gasteiger partial charge in [0.05, 0.1) is 0 Å². The van der Waals surface area contributed by atoms with E-state index in [4.69, 9.17) is 11.6 Å². The predicted octanol–water partition coefficient (Wildman–Crippen LogP) is 4.73. The summed E-state index contributed by atoms with van der Waals surface area (Å²) < 4.78 is 27.6. The molecule has 4 aromatic rings. The minimum absolute atomic E-state index is 0.160. The van der Waals surface area contributed by atoms with E-state index in [9.17, 15) is 8.78 Å². The number of rotatable bonds is 5. The maximum absolute atomic E-state index is 12.8. The van der Waals surface area contributed by atoms with E-state index in [1.54, 1.807) is 22.5 Å². The Hall–Kier alpha value is -1.73. The first kappa shape index (κ1) is 17.7. The summed E-state index contributed by atoms with van der Waals surface area (Å²) in [5.41, 5.74) is 2.66. The number of halogens is 3. The van der Waals surface area contributed by atoms with Crippen molar-refractivity contribution < 1.29 is 8.78 Å². The Labute approximate surface area is 163 Å². The van der Waals surface area contributed by atoms with Crippen molar-refractivity contribution in [2.24, 2.45) is 0 Å². The van der Waals surface area contributed by atoms with E-state index < -0.39 is 20.9 Å². The fourth-order valence-electron chi connectivity index (χ4n) is 2.44. The van der Waals surface area contributed by atoms with Gasteiger partial charge in [0.25, 0.3) is 0 Å². The Morgan fingerprint density at radius 1 is 1.15 bits per heavy atom. The molecule has 0 aliphatic heterocycles. The zero-order valence-corrected chi connectivity index (χ0v) is 16.4. The second-order valence-corrected chi connectivity index (χ2v) is 8.94. The van der Waals surface area contributed by atoms with Crippen LogP contribution in [0.15, 0.2) is 53.6 Å². The molecule has 0 unspecified atom stereocenters. The molecule has 4 nitrogen and oxygen atoms in total. The summed E-state index contributed by atoms with van der Waals surface area (Å²) in [7, 11) is 0. The molecule has 0 N–H and O–H groups in total. The average Bonchev–Trinajstić information content (AvgIpc) is 3.28. The Kier molecular flexibility index (Phi) is 5.09. The van der Waals surface area contributed by atoms with Crippen molar-refractivity contribution in [3.8, 4) is 10.1 Å². The summed E-state index contributed by atoms with van der Waals surface area (Å²) in [5.74, 6) is 0.806. The van der Waals surface area contributed by atoms with Gasteiger partial charge in [0, 0.05) is 0 Å². The van der Waals surface area contributed by atoms with Gasteiger partial charge in [0.1, 0.15) is 0 Å². The Morgan fingerprint density at radius 2 is 1.96 bits per heavy atom. The van der Waals surface area contributed by atoms with Crippen LogP contribution in [0.2, 0.25) is 5.15 Å². The zero-order valence-electron chi connectivity index (χ0n) is 13.1. The van der Waals surface area contributed by atoms with Crippen molar-refractivity contribution in [2.45, 2.75) is 17.1 Å². The molecule has 0 radical (unpaired) electrons. The van der Waals surface area contributed by atoms with Crippen molar-refractivity contribution in [3.63, 3.8) is 0 Å². The molecular formula is C17H11ClF2N4SSe. The standard InChI is InChI=1S/C17H11ClF2N4SSe/c18-14-7-11(25-9-10-4-2-1-3-5-10)6-13-12(8-21-24(13)14)16-22-23-17(26-16)15(19)20/h1-8,15H,9H2. The molecule has 132 valence electrons. The topological polar surface area (TPSA) is 43.1 Å². The van der Waals surface area contributed by atoms with Crippen molar-refractivity contribution in [2.75, 3.05) is 0 Å². The number of hydrogen-bond donors (Lipinski definition) is 0. The molecule has 0 atom stereocenters. The molecule has 0 bridgehead atoms. The van der Waals surface area contributed by atoms with Gasteiger partial charge in [0.15, 0.2) is 0 Å². The van der Waals surface area contributed by atoms with E-state index >= 15 is 0 Å². The summed E-state index contributed by atoms with van der Waals surface area (Å²) >= 11 is 7.40. The normalized spacial score (nSPS) is 11.5. The van der Waals surface area contributed by atoms with Crippen LogP contribution >= 0.6 is 23.4 Å². The van der Waals surface area contributed by atoms with Crippen LogP contribution in [-0.2, 0) is 5.75 Å². The molecule has 3 aromatic heterocycles. The van der Waals surface area contributed by atoms with Crippen molar-refractivity contribution in [1.29, 1.82) is 0 Å². The summed E-state index contributed by atoms with van der Waals surface area (Å²) in [6, 6.07) is 13.9. The van der Waals surface area contributed by atoms with Crippen LogP contribution in [0.5, 0.6) is 0 Å². The molecule has 4 rings (SSSR count). The van der Waals surface area contributed by atoms with E-state index in [2.05, 4.69) is 27.4 Å². The zero-order chi connectivity index (χ0) is 18.1. The number of nitrogens with zero attached hydrogens (tertiary/aromatic N) is 4. The van der Waals surface area contributed by atoms with Gasteiger partial charge in [-0.05, 0) is 0 Å². The number of thioether (sulfide) groups is 1. The van der Waals surface area contributed by atoms with Gasteiger partial charge in [-0.25, -0.2) is 0 Å². The Balaban J connectivity index is 1.68. The van der Waals surface area contributed by atoms with Gasteiger partial charge < -0.3 is 0 Å². The number of aromatic nitrogens is 4. The first-order chi connectivity index (χ1) is 12.6. The minimum atomic E-state index is -2.57. The van der Waals surface area contributed by atoms with E-state index in [-0.39, 0.29) is 4.57 Å². The fourth-order valence-corrected chi connectivity index (χ4v) is 5.18. The van der Waals surface area contributed by atoms with Crippen LogP contribution in [0, 0.1) is 0 Å². The molecule has 1 aromatic carbocycles. The van der Waals surface area contributed by atoms with Crippen LogP contribution in [0.1, 0.15) is 16.6 Å². The van der Waals surface area contributed by atoms with Crippen molar-refractivity contribution in [1.82, 2.24) is 19.8 Å². The second kappa shape index (κ2) is 7.48. The van der Waals surface area contributed by atoms with E-state index in [0.717, 1.165) is 16.2 Å². The number of alkyl halides is 2. The summed E-state index contributed by atoms with van der Waals surface area (Å²) in [4.78, 5) is 0.981. The van der Waals surface area contributed by atoms with Crippen LogP contribution in [0.3, 0.4) is 0 Å². The number of pyridine rings is 1. The first-order valence-corrected chi connectivity index (χ1v) is 10.7. The first-order valence-electron chi connectivity index (χ1n) is 7.58. The van der Waals surface area contributed by atoms with Crippen molar-refractivity contribution >= 4 is 43.4 Å².